The van der Waals surface area contributed by atoms with Gasteiger partial charge in [-0.3, -0.25) is 4.79 Å². The molecule has 25 heavy (non-hydrogen) atoms. The Labute approximate surface area is 147 Å². The van der Waals surface area contributed by atoms with E-state index in [0.717, 1.165) is 12.8 Å². The summed E-state index contributed by atoms with van der Waals surface area (Å²) in [7, 11) is 0. The molecule has 1 fully saturated rings. The molecule has 0 atom stereocenters. The minimum atomic E-state index is -0.307. The quantitative estimate of drug-likeness (QED) is 0.888. The molecule has 1 amide bonds. The van der Waals surface area contributed by atoms with Crippen molar-refractivity contribution < 1.29 is 13.7 Å². The van der Waals surface area contributed by atoms with Crippen LogP contribution in [-0.2, 0) is 11.2 Å². The first-order chi connectivity index (χ1) is 12.2. The van der Waals surface area contributed by atoms with Crippen LogP contribution in [0.4, 0.5) is 4.39 Å². The van der Waals surface area contributed by atoms with E-state index >= 15 is 0 Å². The number of aromatic nitrogens is 2. The molecule has 0 unspecified atom stereocenters. The highest BCUT2D eigenvalue weighted by molar-refractivity contribution is 5.76. The van der Waals surface area contributed by atoms with Gasteiger partial charge >= 0.3 is 0 Å². The van der Waals surface area contributed by atoms with Crippen molar-refractivity contribution in [2.75, 3.05) is 0 Å². The van der Waals surface area contributed by atoms with Crippen LogP contribution >= 0.6 is 0 Å². The number of rotatable bonds is 5. The Kier molecular flexibility index (Phi) is 6.14. The smallest absolute Gasteiger partial charge is 0.227 e. The molecule has 1 aliphatic rings. The Balaban J connectivity index is 1.48. The fourth-order valence-corrected chi connectivity index (χ4v) is 3.19. The summed E-state index contributed by atoms with van der Waals surface area (Å²) in [5, 5.41) is 7.02. The lowest BCUT2D eigenvalue weighted by Crippen LogP contribution is -2.35. The van der Waals surface area contributed by atoms with Crippen LogP contribution in [0.5, 0.6) is 0 Å². The third kappa shape index (κ3) is 5.37. The molecule has 1 N–H and O–H groups in total. The summed E-state index contributed by atoms with van der Waals surface area (Å²) < 4.78 is 18.1. The van der Waals surface area contributed by atoms with E-state index in [1.165, 1.54) is 44.2 Å². The monoisotopic (exact) mass is 345 g/mol. The van der Waals surface area contributed by atoms with Gasteiger partial charge in [-0.15, -0.1) is 0 Å². The predicted octanol–water partition coefficient (Wildman–Crippen LogP) is 4.04. The van der Waals surface area contributed by atoms with E-state index in [1.807, 2.05) is 0 Å². The van der Waals surface area contributed by atoms with E-state index in [9.17, 15) is 9.18 Å². The van der Waals surface area contributed by atoms with Crippen LogP contribution in [0.15, 0.2) is 28.8 Å². The molecule has 0 spiro atoms. The number of hydrogen-bond donors (Lipinski definition) is 1. The van der Waals surface area contributed by atoms with Crippen LogP contribution in [0.1, 0.15) is 57.3 Å². The van der Waals surface area contributed by atoms with Gasteiger partial charge in [0.15, 0.2) is 0 Å². The standard InChI is InChI=1S/C19H24FN3O2/c20-15-10-8-14(9-11-15)19-22-18(25-23-19)13-12-17(24)21-16-6-4-2-1-3-5-7-16/h8-11,16H,1-7,12-13H2,(H,21,24). The zero-order valence-electron chi connectivity index (χ0n) is 14.3. The van der Waals surface area contributed by atoms with E-state index in [4.69, 9.17) is 4.52 Å². The Bertz CT molecular complexity index is 676. The van der Waals surface area contributed by atoms with Gasteiger partial charge in [0, 0.05) is 24.4 Å². The second-order valence-electron chi connectivity index (χ2n) is 6.63. The lowest BCUT2D eigenvalue weighted by atomic mass is 9.96. The topological polar surface area (TPSA) is 68.0 Å². The van der Waals surface area contributed by atoms with Crippen molar-refractivity contribution in [1.82, 2.24) is 15.5 Å². The third-order valence-electron chi connectivity index (χ3n) is 4.61. The van der Waals surface area contributed by atoms with Crippen molar-refractivity contribution in [3.8, 4) is 11.4 Å². The summed E-state index contributed by atoms with van der Waals surface area (Å²) in [6.07, 6.45) is 9.11. The number of amides is 1. The number of carbonyl (C=O) groups excluding carboxylic acids is 1. The van der Waals surface area contributed by atoms with Crippen molar-refractivity contribution in [2.45, 2.75) is 63.8 Å². The van der Waals surface area contributed by atoms with E-state index in [-0.39, 0.29) is 11.7 Å². The Morgan fingerprint density at radius 2 is 1.80 bits per heavy atom. The number of nitrogens with one attached hydrogen (secondary N) is 1. The third-order valence-corrected chi connectivity index (χ3v) is 4.61. The van der Waals surface area contributed by atoms with Crippen LogP contribution in [0.3, 0.4) is 0 Å². The molecule has 2 aromatic rings. The summed E-state index contributed by atoms with van der Waals surface area (Å²) in [5.74, 6) is 0.563. The maximum absolute atomic E-state index is 12.9. The Hall–Kier alpha value is -2.24. The molecular weight excluding hydrogens is 321 g/mol. The molecule has 0 bridgehead atoms. The van der Waals surface area contributed by atoms with Crippen molar-refractivity contribution >= 4 is 5.91 Å². The lowest BCUT2D eigenvalue weighted by Gasteiger charge is -2.20. The fraction of sp³-hybridized carbons (Fsp3) is 0.526. The number of nitrogens with zero attached hydrogens (tertiary/aromatic N) is 2. The first-order valence-corrected chi connectivity index (χ1v) is 9.08. The average molecular weight is 345 g/mol. The molecule has 6 heteroatoms. The second-order valence-corrected chi connectivity index (χ2v) is 6.63. The maximum Gasteiger partial charge on any atom is 0.227 e. The number of aryl methyl sites for hydroxylation is 1. The molecule has 0 radical (unpaired) electrons. The van der Waals surface area contributed by atoms with Crippen LogP contribution in [0.2, 0.25) is 0 Å². The van der Waals surface area contributed by atoms with Gasteiger partial charge in [0.25, 0.3) is 0 Å². The van der Waals surface area contributed by atoms with Crippen LogP contribution < -0.4 is 5.32 Å². The van der Waals surface area contributed by atoms with Crippen LogP contribution in [0.25, 0.3) is 11.4 Å². The summed E-state index contributed by atoms with van der Waals surface area (Å²) in [6, 6.07) is 6.21. The van der Waals surface area contributed by atoms with Gasteiger partial charge in [0.05, 0.1) is 0 Å². The number of carbonyl (C=O) groups is 1. The maximum atomic E-state index is 12.9. The van der Waals surface area contributed by atoms with Gasteiger partial charge in [0.2, 0.25) is 17.6 Å². The molecule has 5 nitrogen and oxygen atoms in total. The van der Waals surface area contributed by atoms with E-state index in [0.29, 0.717) is 36.2 Å². The second kappa shape index (κ2) is 8.74. The van der Waals surface area contributed by atoms with Crippen molar-refractivity contribution in [3.63, 3.8) is 0 Å². The summed E-state index contributed by atoms with van der Waals surface area (Å²) >= 11 is 0. The summed E-state index contributed by atoms with van der Waals surface area (Å²) in [6.45, 7) is 0. The number of benzene rings is 1. The molecule has 1 aromatic heterocycles. The van der Waals surface area contributed by atoms with Gasteiger partial charge in [-0.25, -0.2) is 4.39 Å². The van der Waals surface area contributed by atoms with Gasteiger partial charge < -0.3 is 9.84 Å². The molecule has 1 aliphatic carbocycles. The van der Waals surface area contributed by atoms with Crippen molar-refractivity contribution in [3.05, 3.63) is 36.0 Å². The Morgan fingerprint density at radius 3 is 2.52 bits per heavy atom. The number of hydrogen-bond acceptors (Lipinski definition) is 4. The molecule has 3 rings (SSSR count). The normalized spacial score (nSPS) is 16.2. The predicted molar refractivity (Wildman–Crippen MR) is 92.3 cm³/mol. The number of halogens is 1. The molecule has 1 saturated carbocycles. The highest BCUT2D eigenvalue weighted by Crippen LogP contribution is 2.18. The van der Waals surface area contributed by atoms with Crippen molar-refractivity contribution in [1.29, 1.82) is 0 Å². The highest BCUT2D eigenvalue weighted by atomic mass is 19.1. The van der Waals surface area contributed by atoms with E-state index in [1.54, 1.807) is 12.1 Å². The fourth-order valence-electron chi connectivity index (χ4n) is 3.19. The SMILES string of the molecule is O=C(CCc1nc(-c2ccc(F)cc2)no1)NC1CCCCCCC1. The minimum absolute atomic E-state index is 0.0344. The zero-order chi connectivity index (χ0) is 17.5. The first kappa shape index (κ1) is 17.6. The molecular formula is C19H24FN3O2. The lowest BCUT2D eigenvalue weighted by molar-refractivity contribution is -0.122. The van der Waals surface area contributed by atoms with Gasteiger partial charge in [-0.2, -0.15) is 4.98 Å². The van der Waals surface area contributed by atoms with Gasteiger partial charge in [-0.05, 0) is 37.1 Å². The largest absolute Gasteiger partial charge is 0.353 e. The highest BCUT2D eigenvalue weighted by Gasteiger charge is 2.15. The van der Waals surface area contributed by atoms with Gasteiger partial charge in [0.1, 0.15) is 5.82 Å². The summed E-state index contributed by atoms with van der Waals surface area (Å²) in [5.41, 5.74) is 0.690. The van der Waals surface area contributed by atoms with E-state index < -0.39 is 0 Å². The summed E-state index contributed by atoms with van der Waals surface area (Å²) in [4.78, 5) is 16.4. The molecule has 0 saturated heterocycles. The molecule has 134 valence electrons. The first-order valence-electron chi connectivity index (χ1n) is 9.08. The van der Waals surface area contributed by atoms with Crippen LogP contribution in [0, 0.1) is 5.82 Å². The van der Waals surface area contributed by atoms with Gasteiger partial charge in [-0.1, -0.05) is 37.3 Å². The van der Waals surface area contributed by atoms with Crippen molar-refractivity contribution in [2.24, 2.45) is 0 Å². The Morgan fingerprint density at radius 1 is 1.12 bits per heavy atom. The minimum Gasteiger partial charge on any atom is -0.353 e. The zero-order valence-corrected chi connectivity index (χ0v) is 14.3. The average Bonchev–Trinajstić information content (AvgIpc) is 3.05. The molecule has 0 aliphatic heterocycles. The molecule has 1 aromatic carbocycles. The molecule has 1 heterocycles. The van der Waals surface area contributed by atoms with Crippen LogP contribution in [-0.4, -0.2) is 22.1 Å². The van der Waals surface area contributed by atoms with E-state index in [2.05, 4.69) is 15.5 Å².